The van der Waals surface area contributed by atoms with Gasteiger partial charge in [-0.1, -0.05) is 0 Å². The van der Waals surface area contributed by atoms with E-state index in [0.717, 1.165) is 9.53 Å². The number of amides is 1. The monoisotopic (exact) mass is 345 g/mol. The highest BCUT2D eigenvalue weighted by atomic mass is 127. The highest BCUT2D eigenvalue weighted by molar-refractivity contribution is 14.1. The average Bonchev–Trinajstić information content (AvgIpc) is 3.08. The zero-order chi connectivity index (χ0) is 12.4. The molecule has 1 aliphatic carbocycles. The molecule has 1 aromatic heterocycles. The first kappa shape index (κ1) is 12.7. The fourth-order valence-electron chi connectivity index (χ4n) is 1.78. The van der Waals surface area contributed by atoms with Crippen LogP contribution in [0.2, 0.25) is 0 Å². The van der Waals surface area contributed by atoms with Crippen LogP contribution in [0.4, 0.5) is 0 Å². The molecule has 1 aromatic rings. The number of nitrogens with zero attached hydrogens (tertiary/aromatic N) is 1. The molecule has 1 amide bonds. The fraction of sp³-hybridized carbons (Fsp3) is 0.462. The van der Waals surface area contributed by atoms with Gasteiger partial charge in [-0.25, -0.2) is 0 Å². The van der Waals surface area contributed by atoms with Gasteiger partial charge >= 0.3 is 0 Å². The van der Waals surface area contributed by atoms with Gasteiger partial charge in [-0.3, -0.25) is 4.79 Å². The quantitative estimate of drug-likeness (QED) is 0.621. The lowest BCUT2D eigenvalue weighted by atomic mass is 10.2. The van der Waals surface area contributed by atoms with E-state index in [-0.39, 0.29) is 5.91 Å². The van der Waals surface area contributed by atoms with E-state index in [1.165, 1.54) is 12.8 Å². The minimum Gasteiger partial charge on any atom is -0.451 e. The second-order valence-corrected chi connectivity index (χ2v) is 5.57. The van der Waals surface area contributed by atoms with Crippen molar-refractivity contribution < 1.29 is 9.21 Å². The molecule has 0 aromatic carbocycles. The minimum absolute atomic E-state index is 0.0378. The van der Waals surface area contributed by atoms with E-state index in [0.29, 0.717) is 12.0 Å². The van der Waals surface area contributed by atoms with Crippen molar-refractivity contribution in [3.63, 3.8) is 0 Å². The Balaban J connectivity index is 1.93. The summed E-state index contributed by atoms with van der Waals surface area (Å²) < 4.78 is 6.19. The van der Waals surface area contributed by atoms with Crippen LogP contribution >= 0.6 is 22.6 Å². The molecule has 0 radical (unpaired) electrons. The number of halogens is 1. The van der Waals surface area contributed by atoms with E-state index < -0.39 is 0 Å². The topological polar surface area (TPSA) is 33.5 Å². The van der Waals surface area contributed by atoms with Crippen molar-refractivity contribution in [2.75, 3.05) is 7.05 Å². The van der Waals surface area contributed by atoms with Gasteiger partial charge in [-0.15, -0.1) is 0 Å². The van der Waals surface area contributed by atoms with Gasteiger partial charge in [0, 0.05) is 19.2 Å². The number of carbonyl (C=O) groups is 1. The van der Waals surface area contributed by atoms with Gasteiger partial charge in [-0.2, -0.15) is 0 Å². The van der Waals surface area contributed by atoms with E-state index in [4.69, 9.17) is 4.42 Å². The molecule has 0 N–H and O–H groups in total. The number of furan rings is 1. The van der Waals surface area contributed by atoms with E-state index in [1.807, 2.05) is 24.1 Å². The SMILES string of the molecule is CC(C1CC1)N(C)C(=O)/C=C/c1ccc(I)o1. The zero-order valence-electron chi connectivity index (χ0n) is 10.0. The van der Waals surface area contributed by atoms with E-state index in [9.17, 15) is 4.79 Å². The molecule has 1 heterocycles. The van der Waals surface area contributed by atoms with Crippen LogP contribution in [0.15, 0.2) is 22.6 Å². The highest BCUT2D eigenvalue weighted by Gasteiger charge is 2.31. The third-order valence-corrected chi connectivity index (χ3v) is 3.83. The van der Waals surface area contributed by atoms with Crippen molar-refractivity contribution in [2.45, 2.75) is 25.8 Å². The molecular weight excluding hydrogens is 329 g/mol. The summed E-state index contributed by atoms with van der Waals surface area (Å²) in [6.45, 7) is 2.11. The first-order valence-electron chi connectivity index (χ1n) is 5.78. The van der Waals surface area contributed by atoms with Crippen molar-refractivity contribution in [3.8, 4) is 0 Å². The molecule has 0 saturated heterocycles. The van der Waals surface area contributed by atoms with Crippen LogP contribution in [-0.2, 0) is 4.79 Å². The molecular formula is C13H16INO2. The molecule has 3 nitrogen and oxygen atoms in total. The van der Waals surface area contributed by atoms with Crippen LogP contribution in [-0.4, -0.2) is 23.9 Å². The lowest BCUT2D eigenvalue weighted by Crippen LogP contribution is -2.35. The van der Waals surface area contributed by atoms with Gasteiger partial charge in [0.25, 0.3) is 0 Å². The standard InChI is InChI=1S/C13H16INO2/c1-9(10-3-4-10)15(2)13(16)8-6-11-5-7-12(14)17-11/h5-10H,3-4H2,1-2H3/b8-6+. The van der Waals surface area contributed by atoms with Gasteiger partial charge in [0.1, 0.15) is 5.76 Å². The zero-order valence-corrected chi connectivity index (χ0v) is 12.2. The number of carbonyl (C=O) groups excluding carboxylic acids is 1. The van der Waals surface area contributed by atoms with E-state index >= 15 is 0 Å². The third kappa shape index (κ3) is 3.34. The van der Waals surface area contributed by atoms with Crippen LogP contribution in [0.1, 0.15) is 25.5 Å². The molecule has 17 heavy (non-hydrogen) atoms. The van der Waals surface area contributed by atoms with Crippen LogP contribution in [0.25, 0.3) is 6.08 Å². The molecule has 2 rings (SSSR count). The smallest absolute Gasteiger partial charge is 0.246 e. The average molecular weight is 345 g/mol. The van der Waals surface area contributed by atoms with Gasteiger partial charge in [0.05, 0.1) is 0 Å². The maximum Gasteiger partial charge on any atom is 0.246 e. The largest absolute Gasteiger partial charge is 0.451 e. The maximum atomic E-state index is 11.9. The highest BCUT2D eigenvalue weighted by Crippen LogP contribution is 2.34. The summed E-state index contributed by atoms with van der Waals surface area (Å²) in [7, 11) is 1.86. The molecule has 0 spiro atoms. The van der Waals surface area contributed by atoms with Gasteiger partial charge in [0.15, 0.2) is 3.77 Å². The summed E-state index contributed by atoms with van der Waals surface area (Å²) in [4.78, 5) is 13.7. The van der Waals surface area contributed by atoms with E-state index in [2.05, 4.69) is 29.5 Å². The first-order valence-corrected chi connectivity index (χ1v) is 6.86. The Bertz CT molecular complexity index is 434. The molecule has 4 heteroatoms. The van der Waals surface area contributed by atoms with Crippen molar-refractivity contribution in [3.05, 3.63) is 27.7 Å². The molecule has 0 bridgehead atoms. The summed E-state index contributed by atoms with van der Waals surface area (Å²) in [6.07, 6.45) is 5.80. The Morgan fingerprint density at radius 3 is 2.82 bits per heavy atom. The number of hydrogen-bond donors (Lipinski definition) is 0. The summed E-state index contributed by atoms with van der Waals surface area (Å²) in [6, 6.07) is 4.07. The van der Waals surface area contributed by atoms with Crippen LogP contribution < -0.4 is 0 Å². The Hall–Kier alpha value is -0.780. The van der Waals surface area contributed by atoms with E-state index in [1.54, 1.807) is 12.2 Å². The second-order valence-electron chi connectivity index (χ2n) is 4.50. The van der Waals surface area contributed by atoms with Gasteiger partial charge in [-0.05, 0) is 66.5 Å². The number of likely N-dealkylation sites (N-methyl/N-ethyl adjacent to an activating group) is 1. The number of hydrogen-bond acceptors (Lipinski definition) is 2. The molecule has 1 atom stereocenters. The van der Waals surface area contributed by atoms with Crippen molar-refractivity contribution in [1.29, 1.82) is 0 Å². The Morgan fingerprint density at radius 2 is 2.29 bits per heavy atom. The predicted molar refractivity (Wildman–Crippen MR) is 75.4 cm³/mol. The van der Waals surface area contributed by atoms with Crippen molar-refractivity contribution in [2.24, 2.45) is 5.92 Å². The lowest BCUT2D eigenvalue weighted by molar-refractivity contribution is -0.126. The molecule has 0 aliphatic heterocycles. The second kappa shape index (κ2) is 5.25. The normalized spacial score (nSPS) is 17.4. The third-order valence-electron chi connectivity index (χ3n) is 3.25. The molecule has 1 fully saturated rings. The summed E-state index contributed by atoms with van der Waals surface area (Å²) in [5.41, 5.74) is 0. The molecule has 1 unspecified atom stereocenters. The summed E-state index contributed by atoms with van der Waals surface area (Å²) in [5, 5.41) is 0. The summed E-state index contributed by atoms with van der Waals surface area (Å²) in [5.74, 6) is 1.45. The van der Waals surface area contributed by atoms with Crippen molar-refractivity contribution in [1.82, 2.24) is 4.90 Å². The first-order chi connectivity index (χ1) is 8.08. The van der Waals surface area contributed by atoms with Gasteiger partial charge in [0.2, 0.25) is 5.91 Å². The minimum atomic E-state index is 0.0378. The Labute approximate surface area is 115 Å². The Kier molecular flexibility index (Phi) is 3.91. The maximum absolute atomic E-state index is 11.9. The predicted octanol–water partition coefficient (Wildman–Crippen LogP) is 3.15. The number of rotatable bonds is 4. The van der Waals surface area contributed by atoms with Crippen LogP contribution in [0.5, 0.6) is 0 Å². The lowest BCUT2D eigenvalue weighted by Gasteiger charge is -2.23. The van der Waals surface area contributed by atoms with Crippen LogP contribution in [0.3, 0.4) is 0 Å². The van der Waals surface area contributed by atoms with Crippen LogP contribution in [0, 0.1) is 9.68 Å². The molecule has 1 aliphatic rings. The fourth-order valence-corrected chi connectivity index (χ4v) is 2.22. The summed E-state index contributed by atoms with van der Waals surface area (Å²) >= 11 is 2.10. The van der Waals surface area contributed by atoms with Gasteiger partial charge < -0.3 is 9.32 Å². The molecule has 92 valence electrons. The molecule has 1 saturated carbocycles. The van der Waals surface area contributed by atoms with Crippen molar-refractivity contribution >= 4 is 34.6 Å². The Morgan fingerprint density at radius 1 is 1.59 bits per heavy atom.